The number of hydrogen-bond acceptors (Lipinski definition) is 4. The Labute approximate surface area is 145 Å². The molecule has 3 rings (SSSR count). The molecule has 7 nitrogen and oxygen atoms in total. The van der Waals surface area contributed by atoms with Crippen LogP contribution in [0.1, 0.15) is 36.3 Å². The van der Waals surface area contributed by atoms with Crippen LogP contribution in [-0.4, -0.2) is 41.1 Å². The third-order valence-corrected chi connectivity index (χ3v) is 5.32. The van der Waals surface area contributed by atoms with E-state index in [0.717, 1.165) is 23.4 Å². The number of rotatable bonds is 4. The summed E-state index contributed by atoms with van der Waals surface area (Å²) in [6, 6.07) is -0.000325. The molecule has 3 N–H and O–H groups in total. The first-order chi connectivity index (χ1) is 11.7. The lowest BCUT2D eigenvalue weighted by atomic mass is 10.2. The van der Waals surface area contributed by atoms with Crippen LogP contribution in [0.5, 0.6) is 0 Å². The molecule has 8 heteroatoms. The van der Waals surface area contributed by atoms with Crippen molar-refractivity contribution in [1.29, 1.82) is 0 Å². The van der Waals surface area contributed by atoms with Gasteiger partial charge in [0.15, 0.2) is 5.13 Å². The van der Waals surface area contributed by atoms with Crippen LogP contribution in [0.2, 0.25) is 0 Å². The zero-order valence-corrected chi connectivity index (χ0v) is 14.5. The van der Waals surface area contributed by atoms with E-state index in [0.29, 0.717) is 31.2 Å². The minimum Gasteiger partial charge on any atom is -0.335 e. The quantitative estimate of drug-likeness (QED) is 0.730. The summed E-state index contributed by atoms with van der Waals surface area (Å²) in [4.78, 5) is 31.3. The summed E-state index contributed by atoms with van der Waals surface area (Å²) in [6.07, 6.45) is 6.83. The van der Waals surface area contributed by atoms with E-state index in [1.54, 1.807) is 11.0 Å². The fourth-order valence-corrected chi connectivity index (χ4v) is 4.10. The second-order valence-corrected chi connectivity index (χ2v) is 7.20. The van der Waals surface area contributed by atoms with Gasteiger partial charge in [-0.25, -0.2) is 14.6 Å². The molecule has 2 heterocycles. The first-order valence-electron chi connectivity index (χ1n) is 8.35. The van der Waals surface area contributed by atoms with E-state index in [1.807, 2.05) is 0 Å². The minimum atomic E-state index is -0.187. The molecule has 0 unspecified atom stereocenters. The van der Waals surface area contributed by atoms with E-state index < -0.39 is 0 Å². The van der Waals surface area contributed by atoms with Crippen LogP contribution >= 0.6 is 11.3 Å². The third-order valence-electron chi connectivity index (χ3n) is 4.33. The maximum Gasteiger partial charge on any atom is 0.321 e. The van der Waals surface area contributed by atoms with Gasteiger partial charge in [-0.3, -0.25) is 5.32 Å². The predicted octanol–water partition coefficient (Wildman–Crippen LogP) is 2.46. The molecule has 0 saturated heterocycles. The average molecular weight is 349 g/mol. The van der Waals surface area contributed by atoms with Gasteiger partial charge < -0.3 is 15.5 Å². The lowest BCUT2D eigenvalue weighted by Gasteiger charge is -2.25. The van der Waals surface area contributed by atoms with Crippen molar-refractivity contribution < 1.29 is 9.59 Å². The van der Waals surface area contributed by atoms with Gasteiger partial charge in [-0.05, 0) is 12.8 Å². The van der Waals surface area contributed by atoms with Crippen molar-refractivity contribution in [2.45, 2.75) is 44.7 Å². The topological polar surface area (TPSA) is 86.4 Å². The van der Waals surface area contributed by atoms with Gasteiger partial charge in [-0.15, -0.1) is 6.58 Å². The van der Waals surface area contributed by atoms with Gasteiger partial charge in [0.1, 0.15) is 0 Å². The Morgan fingerprint density at radius 3 is 2.92 bits per heavy atom. The number of nitrogens with one attached hydrogen (secondary N) is 3. The van der Waals surface area contributed by atoms with Gasteiger partial charge in [-0.1, -0.05) is 30.3 Å². The van der Waals surface area contributed by atoms with E-state index in [4.69, 9.17) is 0 Å². The number of carbonyl (C=O) groups excluding carboxylic acids is 2. The predicted molar refractivity (Wildman–Crippen MR) is 94.2 cm³/mol. The van der Waals surface area contributed by atoms with Crippen molar-refractivity contribution in [3.8, 4) is 0 Å². The largest absolute Gasteiger partial charge is 0.335 e. The molecule has 130 valence electrons. The van der Waals surface area contributed by atoms with Crippen LogP contribution in [0, 0.1) is 0 Å². The van der Waals surface area contributed by atoms with Crippen molar-refractivity contribution in [3.63, 3.8) is 0 Å². The summed E-state index contributed by atoms with van der Waals surface area (Å²) < 4.78 is 0. The molecule has 0 radical (unpaired) electrons. The van der Waals surface area contributed by atoms with Gasteiger partial charge >= 0.3 is 12.1 Å². The fourth-order valence-electron chi connectivity index (χ4n) is 3.08. The highest BCUT2D eigenvalue weighted by atomic mass is 32.1. The molecule has 0 aromatic carbocycles. The maximum atomic E-state index is 12.0. The van der Waals surface area contributed by atoms with Gasteiger partial charge in [0.05, 0.1) is 12.2 Å². The van der Waals surface area contributed by atoms with Crippen LogP contribution in [0.15, 0.2) is 12.7 Å². The number of amides is 4. The zero-order chi connectivity index (χ0) is 16.9. The van der Waals surface area contributed by atoms with Crippen molar-refractivity contribution in [2.75, 3.05) is 18.4 Å². The van der Waals surface area contributed by atoms with Crippen molar-refractivity contribution in [3.05, 3.63) is 23.2 Å². The molecule has 1 aromatic heterocycles. The SMILES string of the molecule is C=CCNC(=O)N1CCc2nc(NC(=O)NC3CCCC3)sc2C1. The van der Waals surface area contributed by atoms with Crippen LogP contribution in [0.3, 0.4) is 0 Å². The number of fused-ring (bicyclic) bond motifs is 1. The van der Waals surface area contributed by atoms with Crippen LogP contribution in [0.4, 0.5) is 14.7 Å². The van der Waals surface area contributed by atoms with Crippen LogP contribution in [-0.2, 0) is 13.0 Å². The van der Waals surface area contributed by atoms with Gasteiger partial charge in [0.25, 0.3) is 0 Å². The van der Waals surface area contributed by atoms with Gasteiger partial charge in [-0.2, -0.15) is 0 Å². The Balaban J connectivity index is 1.55. The van der Waals surface area contributed by atoms with E-state index >= 15 is 0 Å². The van der Waals surface area contributed by atoms with E-state index in [-0.39, 0.29) is 18.1 Å². The lowest BCUT2D eigenvalue weighted by molar-refractivity contribution is 0.194. The maximum absolute atomic E-state index is 12.0. The standard InChI is InChI=1S/C16H23N5O2S/c1-2-8-17-16(23)21-9-7-12-13(10-21)24-15(19-12)20-14(22)18-11-5-3-4-6-11/h2,11H,1,3-10H2,(H,17,23)(H2,18,19,20,22). The van der Waals surface area contributed by atoms with Gasteiger partial charge in [0, 0.05) is 30.4 Å². The minimum absolute atomic E-state index is 0.0950. The number of urea groups is 2. The first-order valence-corrected chi connectivity index (χ1v) is 9.17. The number of anilines is 1. The summed E-state index contributed by atoms with van der Waals surface area (Å²) in [5.41, 5.74) is 0.976. The summed E-state index contributed by atoms with van der Waals surface area (Å²) in [7, 11) is 0. The van der Waals surface area contributed by atoms with E-state index in [9.17, 15) is 9.59 Å². The number of thiazole rings is 1. The Morgan fingerprint density at radius 1 is 1.38 bits per heavy atom. The summed E-state index contributed by atoms with van der Waals surface area (Å²) in [5, 5.41) is 9.21. The Bertz CT molecular complexity index is 624. The second kappa shape index (κ2) is 7.65. The number of aromatic nitrogens is 1. The summed E-state index contributed by atoms with van der Waals surface area (Å²) in [6.45, 7) is 5.21. The highest BCUT2D eigenvalue weighted by molar-refractivity contribution is 7.15. The van der Waals surface area contributed by atoms with E-state index in [1.165, 1.54) is 24.2 Å². The molecular formula is C16H23N5O2S. The molecule has 1 aliphatic heterocycles. The number of carbonyl (C=O) groups is 2. The van der Waals surface area contributed by atoms with Crippen LogP contribution < -0.4 is 16.0 Å². The zero-order valence-electron chi connectivity index (χ0n) is 13.6. The second-order valence-electron chi connectivity index (χ2n) is 6.12. The molecule has 1 aliphatic carbocycles. The third kappa shape index (κ3) is 4.05. The Kier molecular flexibility index (Phi) is 5.34. The van der Waals surface area contributed by atoms with E-state index in [2.05, 4.69) is 27.5 Å². The molecular weight excluding hydrogens is 326 g/mol. The normalized spacial score (nSPS) is 17.2. The Hall–Kier alpha value is -2.09. The highest BCUT2D eigenvalue weighted by Crippen LogP contribution is 2.28. The summed E-state index contributed by atoms with van der Waals surface area (Å²) in [5.74, 6) is 0. The lowest BCUT2D eigenvalue weighted by Crippen LogP contribution is -2.42. The fraction of sp³-hybridized carbons (Fsp3) is 0.562. The molecule has 1 aromatic rings. The molecule has 24 heavy (non-hydrogen) atoms. The molecule has 0 atom stereocenters. The van der Waals surface area contributed by atoms with Crippen molar-refractivity contribution in [1.82, 2.24) is 20.5 Å². The smallest absolute Gasteiger partial charge is 0.321 e. The molecule has 0 spiro atoms. The van der Waals surface area contributed by atoms with Gasteiger partial charge in [0.2, 0.25) is 0 Å². The Morgan fingerprint density at radius 2 is 2.17 bits per heavy atom. The average Bonchev–Trinajstić information content (AvgIpc) is 3.20. The molecule has 2 aliphatic rings. The number of hydrogen-bond donors (Lipinski definition) is 3. The molecule has 0 bridgehead atoms. The molecule has 1 fully saturated rings. The molecule has 1 saturated carbocycles. The molecule has 4 amide bonds. The summed E-state index contributed by atoms with van der Waals surface area (Å²) >= 11 is 1.44. The van der Waals surface area contributed by atoms with Crippen molar-refractivity contribution >= 4 is 28.5 Å². The van der Waals surface area contributed by atoms with Crippen LogP contribution in [0.25, 0.3) is 0 Å². The number of nitrogens with zero attached hydrogens (tertiary/aromatic N) is 2. The highest BCUT2D eigenvalue weighted by Gasteiger charge is 2.24. The monoisotopic (exact) mass is 349 g/mol. The van der Waals surface area contributed by atoms with Crippen molar-refractivity contribution in [2.24, 2.45) is 0 Å². The first kappa shape index (κ1) is 16.8.